The smallest absolute Gasteiger partial charge is 0.343 e. The Morgan fingerprint density at radius 1 is 1.00 bits per heavy atom. The van der Waals surface area contributed by atoms with Crippen LogP contribution in [0.2, 0.25) is 0 Å². The number of carbonyl (C=O) groups excluding carboxylic acids is 2. The fourth-order valence-electron chi connectivity index (χ4n) is 4.37. The van der Waals surface area contributed by atoms with E-state index in [4.69, 9.17) is 5.84 Å². The Labute approximate surface area is 215 Å². The van der Waals surface area contributed by atoms with E-state index < -0.39 is 0 Å². The number of benzene rings is 2. The summed E-state index contributed by atoms with van der Waals surface area (Å²) < 4.78 is 0. The number of urea groups is 1. The Bertz CT molecular complexity index is 1000. The van der Waals surface area contributed by atoms with E-state index in [9.17, 15) is 9.59 Å². The third kappa shape index (κ3) is 6.65. The van der Waals surface area contributed by atoms with Crippen LogP contribution in [0.5, 0.6) is 0 Å². The number of piperazine rings is 1. The van der Waals surface area contributed by atoms with Gasteiger partial charge in [-0.15, -0.1) is 0 Å². The van der Waals surface area contributed by atoms with Crippen molar-refractivity contribution in [2.75, 3.05) is 42.6 Å². The number of anilines is 2. The van der Waals surface area contributed by atoms with Crippen LogP contribution in [-0.2, 0) is 4.79 Å². The lowest BCUT2D eigenvalue weighted by atomic mass is 10.0. The van der Waals surface area contributed by atoms with Crippen LogP contribution < -0.4 is 21.1 Å². The van der Waals surface area contributed by atoms with Gasteiger partial charge in [0.15, 0.2) is 0 Å². The van der Waals surface area contributed by atoms with Gasteiger partial charge in [-0.3, -0.25) is 14.6 Å². The molecule has 3 rings (SSSR count). The fraction of sp³-hybridized carbons (Fsp3) is 0.429. The average Bonchev–Trinajstić information content (AvgIpc) is 2.88. The van der Waals surface area contributed by atoms with E-state index in [1.807, 2.05) is 68.4 Å². The quantitative estimate of drug-likeness (QED) is 0.314. The standard InChI is InChI=1S/C28H40N6O2/c1-6-33(22(4)5)28(36)34(29)25-14-12-24(13-15-25)31-16-18-32(19-17-31)26(23-10-8-7-9-11-23)27(35)30-20-21(2)3/h6-15,21-22,26H,1,16-20,29H2,2-5H3,(H,30,35). The summed E-state index contributed by atoms with van der Waals surface area (Å²) in [4.78, 5) is 31.9. The van der Waals surface area contributed by atoms with Gasteiger partial charge in [-0.05, 0) is 49.6 Å². The van der Waals surface area contributed by atoms with Crippen molar-refractivity contribution in [2.24, 2.45) is 11.8 Å². The minimum Gasteiger partial charge on any atom is -0.369 e. The summed E-state index contributed by atoms with van der Waals surface area (Å²) in [5, 5.41) is 4.26. The van der Waals surface area contributed by atoms with Gasteiger partial charge in [-0.25, -0.2) is 15.6 Å². The summed E-state index contributed by atoms with van der Waals surface area (Å²) in [6.07, 6.45) is 1.49. The maximum absolute atomic E-state index is 13.1. The van der Waals surface area contributed by atoms with E-state index >= 15 is 0 Å². The van der Waals surface area contributed by atoms with Gasteiger partial charge in [0.05, 0.1) is 5.69 Å². The first kappa shape index (κ1) is 27.2. The molecule has 0 radical (unpaired) electrons. The van der Waals surface area contributed by atoms with Crippen molar-refractivity contribution in [2.45, 2.75) is 39.8 Å². The minimum atomic E-state index is -0.330. The van der Waals surface area contributed by atoms with Crippen LogP contribution in [0.4, 0.5) is 16.2 Å². The molecule has 1 saturated heterocycles. The number of hydrogen-bond acceptors (Lipinski definition) is 5. The number of nitrogens with zero attached hydrogens (tertiary/aromatic N) is 4. The molecule has 0 bridgehead atoms. The van der Waals surface area contributed by atoms with Gasteiger partial charge in [-0.1, -0.05) is 50.8 Å². The molecule has 0 aromatic heterocycles. The van der Waals surface area contributed by atoms with Crippen LogP contribution in [0, 0.1) is 5.92 Å². The molecule has 3 amide bonds. The lowest BCUT2D eigenvalue weighted by molar-refractivity contribution is -0.127. The molecule has 3 N–H and O–H groups in total. The van der Waals surface area contributed by atoms with Gasteiger partial charge in [0, 0.05) is 50.7 Å². The van der Waals surface area contributed by atoms with E-state index in [1.165, 1.54) is 11.1 Å². The molecule has 1 atom stereocenters. The Morgan fingerprint density at radius 3 is 2.14 bits per heavy atom. The van der Waals surface area contributed by atoms with Gasteiger partial charge < -0.3 is 10.2 Å². The monoisotopic (exact) mass is 492 g/mol. The summed E-state index contributed by atoms with van der Waals surface area (Å²) >= 11 is 0. The summed E-state index contributed by atoms with van der Waals surface area (Å²) in [5.41, 5.74) is 2.68. The molecule has 1 aliphatic rings. The molecule has 0 spiro atoms. The van der Waals surface area contributed by atoms with Gasteiger partial charge in [0.1, 0.15) is 6.04 Å². The lowest BCUT2D eigenvalue weighted by Crippen LogP contribution is -2.51. The van der Waals surface area contributed by atoms with Crippen molar-refractivity contribution in [1.82, 2.24) is 15.1 Å². The summed E-state index contributed by atoms with van der Waals surface area (Å²) in [6.45, 7) is 15.5. The first-order valence-electron chi connectivity index (χ1n) is 12.6. The van der Waals surface area contributed by atoms with Gasteiger partial charge in [-0.2, -0.15) is 0 Å². The molecule has 8 heteroatoms. The van der Waals surface area contributed by atoms with E-state index in [1.54, 1.807) is 0 Å². The Balaban J connectivity index is 1.66. The first-order valence-corrected chi connectivity index (χ1v) is 12.6. The van der Waals surface area contributed by atoms with Crippen LogP contribution in [-0.4, -0.2) is 60.5 Å². The molecule has 194 valence electrons. The predicted octanol–water partition coefficient (Wildman–Crippen LogP) is 3.98. The predicted molar refractivity (Wildman–Crippen MR) is 146 cm³/mol. The molecule has 0 aliphatic carbocycles. The molecule has 2 aromatic carbocycles. The first-order chi connectivity index (χ1) is 17.2. The van der Waals surface area contributed by atoms with E-state index in [-0.39, 0.29) is 24.0 Å². The number of hydrazine groups is 1. The largest absolute Gasteiger partial charge is 0.369 e. The van der Waals surface area contributed by atoms with E-state index in [0.717, 1.165) is 42.4 Å². The maximum atomic E-state index is 13.1. The summed E-state index contributed by atoms with van der Waals surface area (Å²) in [6, 6.07) is 17.0. The van der Waals surface area contributed by atoms with Crippen molar-refractivity contribution < 1.29 is 9.59 Å². The zero-order chi connectivity index (χ0) is 26.2. The van der Waals surface area contributed by atoms with Crippen molar-refractivity contribution in [3.05, 3.63) is 72.9 Å². The highest BCUT2D eigenvalue weighted by atomic mass is 16.2. The van der Waals surface area contributed by atoms with Gasteiger partial charge in [0.2, 0.25) is 5.91 Å². The molecule has 36 heavy (non-hydrogen) atoms. The normalized spacial score (nSPS) is 15.0. The second kappa shape index (κ2) is 12.6. The average molecular weight is 493 g/mol. The second-order valence-corrected chi connectivity index (χ2v) is 9.83. The number of rotatable bonds is 9. The Hall–Kier alpha value is -3.36. The zero-order valence-corrected chi connectivity index (χ0v) is 21.9. The molecule has 1 aliphatic heterocycles. The third-order valence-corrected chi connectivity index (χ3v) is 6.40. The summed E-state index contributed by atoms with van der Waals surface area (Å²) in [5.74, 6) is 6.55. The Morgan fingerprint density at radius 2 is 1.61 bits per heavy atom. The van der Waals surface area contributed by atoms with Crippen LogP contribution in [0.15, 0.2) is 67.4 Å². The van der Waals surface area contributed by atoms with Crippen molar-refractivity contribution in [1.29, 1.82) is 0 Å². The van der Waals surface area contributed by atoms with Crippen LogP contribution in [0.3, 0.4) is 0 Å². The third-order valence-electron chi connectivity index (χ3n) is 6.40. The highest BCUT2D eigenvalue weighted by Crippen LogP contribution is 2.26. The molecule has 1 unspecified atom stereocenters. The number of hydrogen-bond donors (Lipinski definition) is 2. The topological polar surface area (TPSA) is 85.2 Å². The van der Waals surface area contributed by atoms with Crippen LogP contribution >= 0.6 is 0 Å². The minimum absolute atomic E-state index is 0.0382. The molecule has 2 aromatic rings. The van der Waals surface area contributed by atoms with Gasteiger partial charge >= 0.3 is 6.03 Å². The molecule has 1 heterocycles. The molecule has 1 fully saturated rings. The van der Waals surface area contributed by atoms with E-state index in [0.29, 0.717) is 18.2 Å². The number of nitrogens with two attached hydrogens (primary N) is 1. The molecule has 8 nitrogen and oxygen atoms in total. The fourth-order valence-corrected chi connectivity index (χ4v) is 4.37. The molecular weight excluding hydrogens is 452 g/mol. The van der Waals surface area contributed by atoms with Crippen molar-refractivity contribution >= 4 is 23.3 Å². The number of nitrogens with one attached hydrogen (secondary N) is 1. The number of amides is 3. The second-order valence-electron chi connectivity index (χ2n) is 9.83. The van der Waals surface area contributed by atoms with Crippen molar-refractivity contribution in [3.8, 4) is 0 Å². The Kier molecular flexibility index (Phi) is 9.50. The maximum Gasteiger partial charge on any atom is 0.343 e. The SMILES string of the molecule is C=CN(C(=O)N(N)c1ccc(N2CCN(C(C(=O)NCC(C)C)c3ccccc3)CC2)cc1)C(C)C. The van der Waals surface area contributed by atoms with Crippen molar-refractivity contribution in [3.63, 3.8) is 0 Å². The van der Waals surface area contributed by atoms with Crippen LogP contribution in [0.1, 0.15) is 39.3 Å². The van der Waals surface area contributed by atoms with Gasteiger partial charge in [0.25, 0.3) is 0 Å². The lowest BCUT2D eigenvalue weighted by Gasteiger charge is -2.40. The van der Waals surface area contributed by atoms with E-state index in [2.05, 4.69) is 35.5 Å². The van der Waals surface area contributed by atoms with Crippen LogP contribution in [0.25, 0.3) is 0 Å². The molecular formula is C28H40N6O2. The zero-order valence-electron chi connectivity index (χ0n) is 21.9. The molecule has 0 saturated carbocycles. The summed E-state index contributed by atoms with van der Waals surface area (Å²) in [7, 11) is 0. The number of carbonyl (C=O) groups is 2. The highest BCUT2D eigenvalue weighted by Gasteiger charge is 2.30. The highest BCUT2D eigenvalue weighted by molar-refractivity contribution is 5.91.